The summed E-state index contributed by atoms with van der Waals surface area (Å²) in [5, 5.41) is 5.76. The molecule has 1 aliphatic rings. The van der Waals surface area contributed by atoms with Crippen molar-refractivity contribution in [3.05, 3.63) is 71.1 Å². The Bertz CT molecular complexity index is 856. The lowest BCUT2D eigenvalue weighted by Gasteiger charge is -2.13. The summed E-state index contributed by atoms with van der Waals surface area (Å²) >= 11 is 0. The second kappa shape index (κ2) is 9.83. The van der Waals surface area contributed by atoms with Crippen molar-refractivity contribution in [2.45, 2.75) is 45.4 Å². The predicted octanol–water partition coefficient (Wildman–Crippen LogP) is 4.52. The highest BCUT2D eigenvalue weighted by atomic mass is 16.2. The van der Waals surface area contributed by atoms with Crippen LogP contribution in [0.25, 0.3) is 0 Å². The van der Waals surface area contributed by atoms with Gasteiger partial charge < -0.3 is 10.6 Å². The lowest BCUT2D eigenvalue weighted by Crippen LogP contribution is -2.25. The third-order valence-corrected chi connectivity index (χ3v) is 4.99. The maximum atomic E-state index is 12.5. The van der Waals surface area contributed by atoms with E-state index < -0.39 is 0 Å². The van der Waals surface area contributed by atoms with Gasteiger partial charge in [0, 0.05) is 24.0 Å². The third kappa shape index (κ3) is 5.52. The number of carbonyl (C=O) groups excluding carboxylic acids is 2. The number of hydrogen-bond acceptors (Lipinski definition) is 3. The molecule has 1 heterocycles. The van der Waals surface area contributed by atoms with Crippen LogP contribution >= 0.6 is 0 Å². The van der Waals surface area contributed by atoms with Crippen LogP contribution in [-0.4, -0.2) is 23.3 Å². The summed E-state index contributed by atoms with van der Waals surface area (Å²) in [6.07, 6.45) is 10.4. The van der Waals surface area contributed by atoms with Gasteiger partial charge >= 0.3 is 0 Å². The van der Waals surface area contributed by atoms with E-state index in [1.54, 1.807) is 6.07 Å². The van der Waals surface area contributed by atoms with Crippen molar-refractivity contribution in [1.82, 2.24) is 10.3 Å². The Hall–Kier alpha value is -2.95. The molecule has 0 saturated carbocycles. The standard InChI is InChI=1S/C23H27N3O2/c1-2-17-8-10-20(11-9-17)26-23(28)21-16-19(13-15-24-21)22(27)25-14-12-18-6-4-3-5-7-18/h6,8-11,13,15-16H,2-5,7,12,14H2,1H3,(H,25,27)(H,26,28). The van der Waals surface area contributed by atoms with Crippen LogP contribution in [0.15, 0.2) is 54.2 Å². The van der Waals surface area contributed by atoms with Crippen LogP contribution in [0, 0.1) is 0 Å². The number of carbonyl (C=O) groups is 2. The van der Waals surface area contributed by atoms with Gasteiger partial charge in [-0.1, -0.05) is 30.7 Å². The van der Waals surface area contributed by atoms with Gasteiger partial charge in [0.15, 0.2) is 0 Å². The van der Waals surface area contributed by atoms with Crippen molar-refractivity contribution in [2.75, 3.05) is 11.9 Å². The van der Waals surface area contributed by atoms with Crippen LogP contribution in [-0.2, 0) is 6.42 Å². The zero-order valence-corrected chi connectivity index (χ0v) is 16.3. The van der Waals surface area contributed by atoms with E-state index in [0.29, 0.717) is 17.8 Å². The maximum absolute atomic E-state index is 12.5. The summed E-state index contributed by atoms with van der Waals surface area (Å²) in [5.74, 6) is -0.508. The molecule has 0 spiro atoms. The molecule has 2 N–H and O–H groups in total. The molecule has 5 heteroatoms. The lowest BCUT2D eigenvalue weighted by molar-refractivity contribution is 0.0954. The molecule has 0 radical (unpaired) electrons. The number of hydrogen-bond donors (Lipinski definition) is 2. The van der Waals surface area contributed by atoms with E-state index in [9.17, 15) is 9.59 Å². The fraction of sp³-hybridized carbons (Fsp3) is 0.348. The minimum absolute atomic E-state index is 0.180. The Balaban J connectivity index is 1.56. The summed E-state index contributed by atoms with van der Waals surface area (Å²) in [7, 11) is 0. The fourth-order valence-corrected chi connectivity index (χ4v) is 3.29. The number of aryl methyl sites for hydroxylation is 1. The van der Waals surface area contributed by atoms with Gasteiger partial charge in [-0.05, 0) is 68.4 Å². The molecular formula is C23H27N3O2. The highest BCUT2D eigenvalue weighted by Gasteiger charge is 2.12. The predicted molar refractivity (Wildman–Crippen MR) is 112 cm³/mol. The molecule has 2 aromatic rings. The zero-order valence-electron chi connectivity index (χ0n) is 16.3. The second-order valence-electron chi connectivity index (χ2n) is 7.05. The lowest BCUT2D eigenvalue weighted by atomic mass is 9.97. The molecule has 2 amide bonds. The molecular weight excluding hydrogens is 350 g/mol. The molecule has 0 aliphatic heterocycles. The van der Waals surface area contributed by atoms with Crippen molar-refractivity contribution in [3.8, 4) is 0 Å². The quantitative estimate of drug-likeness (QED) is 0.697. The molecule has 28 heavy (non-hydrogen) atoms. The third-order valence-electron chi connectivity index (χ3n) is 4.99. The molecule has 0 saturated heterocycles. The minimum Gasteiger partial charge on any atom is -0.352 e. The van der Waals surface area contributed by atoms with E-state index in [0.717, 1.165) is 25.7 Å². The molecule has 1 aliphatic carbocycles. The van der Waals surface area contributed by atoms with E-state index >= 15 is 0 Å². The van der Waals surface area contributed by atoms with Crippen LogP contribution in [0.4, 0.5) is 5.69 Å². The monoisotopic (exact) mass is 377 g/mol. The summed E-state index contributed by atoms with van der Waals surface area (Å²) in [4.78, 5) is 29.0. The van der Waals surface area contributed by atoms with Gasteiger partial charge in [-0.15, -0.1) is 0 Å². The minimum atomic E-state index is -0.328. The number of rotatable bonds is 7. The number of amides is 2. The Morgan fingerprint density at radius 2 is 1.89 bits per heavy atom. The van der Waals surface area contributed by atoms with Crippen LogP contribution in [0.2, 0.25) is 0 Å². The highest BCUT2D eigenvalue weighted by molar-refractivity contribution is 6.04. The van der Waals surface area contributed by atoms with E-state index in [2.05, 4.69) is 28.6 Å². The Labute approximate surface area is 166 Å². The van der Waals surface area contributed by atoms with Gasteiger partial charge in [0.05, 0.1) is 0 Å². The van der Waals surface area contributed by atoms with E-state index in [1.807, 2.05) is 24.3 Å². The van der Waals surface area contributed by atoms with Crippen molar-refractivity contribution >= 4 is 17.5 Å². The molecule has 5 nitrogen and oxygen atoms in total. The van der Waals surface area contributed by atoms with Crippen LogP contribution in [0.1, 0.15) is 65.4 Å². The van der Waals surface area contributed by atoms with Crippen molar-refractivity contribution in [3.63, 3.8) is 0 Å². The van der Waals surface area contributed by atoms with Gasteiger partial charge in [-0.2, -0.15) is 0 Å². The fourth-order valence-electron chi connectivity index (χ4n) is 3.29. The topological polar surface area (TPSA) is 71.1 Å². The SMILES string of the molecule is CCc1ccc(NC(=O)c2cc(C(=O)NCCC3=CCCCC3)ccn2)cc1. The normalized spacial score (nSPS) is 13.5. The maximum Gasteiger partial charge on any atom is 0.274 e. The van der Waals surface area contributed by atoms with Crippen LogP contribution < -0.4 is 10.6 Å². The average Bonchev–Trinajstić information content (AvgIpc) is 2.75. The van der Waals surface area contributed by atoms with Gasteiger partial charge in [-0.25, -0.2) is 0 Å². The van der Waals surface area contributed by atoms with Gasteiger partial charge in [-0.3, -0.25) is 14.6 Å². The van der Waals surface area contributed by atoms with Crippen molar-refractivity contribution in [2.24, 2.45) is 0 Å². The molecule has 1 aromatic carbocycles. The molecule has 1 aromatic heterocycles. The number of nitrogens with zero attached hydrogens (tertiary/aromatic N) is 1. The summed E-state index contributed by atoms with van der Waals surface area (Å²) in [5.41, 5.74) is 4.01. The molecule has 146 valence electrons. The zero-order chi connectivity index (χ0) is 19.8. The first-order valence-electron chi connectivity index (χ1n) is 9.98. The first kappa shape index (κ1) is 19.8. The van der Waals surface area contributed by atoms with Gasteiger partial charge in [0.25, 0.3) is 11.8 Å². The Morgan fingerprint density at radius 3 is 2.61 bits per heavy atom. The van der Waals surface area contributed by atoms with E-state index in [-0.39, 0.29) is 17.5 Å². The number of aromatic nitrogens is 1. The van der Waals surface area contributed by atoms with Crippen LogP contribution in [0.5, 0.6) is 0 Å². The van der Waals surface area contributed by atoms with Gasteiger partial charge in [0.2, 0.25) is 0 Å². The first-order chi connectivity index (χ1) is 13.7. The number of pyridine rings is 1. The number of allylic oxidation sites excluding steroid dienone is 1. The first-order valence-corrected chi connectivity index (χ1v) is 9.98. The van der Waals surface area contributed by atoms with Gasteiger partial charge in [0.1, 0.15) is 5.69 Å². The van der Waals surface area contributed by atoms with Crippen LogP contribution in [0.3, 0.4) is 0 Å². The van der Waals surface area contributed by atoms with E-state index in [1.165, 1.54) is 36.2 Å². The summed E-state index contributed by atoms with van der Waals surface area (Å²) in [6.45, 7) is 2.69. The molecule has 0 atom stereocenters. The largest absolute Gasteiger partial charge is 0.352 e. The molecule has 0 unspecified atom stereocenters. The number of anilines is 1. The summed E-state index contributed by atoms with van der Waals surface area (Å²) in [6, 6.07) is 10.9. The highest BCUT2D eigenvalue weighted by Crippen LogP contribution is 2.19. The van der Waals surface area contributed by atoms with Crippen molar-refractivity contribution < 1.29 is 9.59 Å². The molecule has 0 bridgehead atoms. The van der Waals surface area contributed by atoms with E-state index in [4.69, 9.17) is 0 Å². The number of nitrogens with one attached hydrogen (secondary N) is 2. The Kier molecular flexibility index (Phi) is 6.95. The summed E-state index contributed by atoms with van der Waals surface area (Å²) < 4.78 is 0. The second-order valence-corrected chi connectivity index (χ2v) is 7.05. The molecule has 0 fully saturated rings. The van der Waals surface area contributed by atoms with Crippen molar-refractivity contribution in [1.29, 1.82) is 0 Å². The molecule has 3 rings (SSSR count). The number of benzene rings is 1. The average molecular weight is 377 g/mol. The smallest absolute Gasteiger partial charge is 0.274 e. The Morgan fingerprint density at radius 1 is 1.07 bits per heavy atom.